The molecule has 0 radical (unpaired) electrons. The quantitative estimate of drug-likeness (QED) is 0.752. The average molecular weight is 418 g/mol. The molecular weight excluding hydrogens is 390 g/mol. The molecule has 5 heterocycles. The molecule has 29 heavy (non-hydrogen) atoms. The number of aryl methyl sites for hydroxylation is 1. The lowest BCUT2D eigenvalue weighted by atomic mass is 9.88. The Hall–Kier alpha value is -1.81. The van der Waals surface area contributed by atoms with Gasteiger partial charge in [0.05, 0.1) is 30.5 Å². The summed E-state index contributed by atoms with van der Waals surface area (Å²) in [6.45, 7) is 7.74. The molecule has 1 amide bonds. The van der Waals surface area contributed by atoms with Crippen LogP contribution in [0.1, 0.15) is 29.4 Å². The molecule has 8 nitrogen and oxygen atoms in total. The first-order valence-corrected chi connectivity index (χ1v) is 11.2. The van der Waals surface area contributed by atoms with Crippen LogP contribution < -0.4 is 0 Å². The summed E-state index contributed by atoms with van der Waals surface area (Å²) in [6.07, 6.45) is 5.01. The highest BCUT2D eigenvalue weighted by Crippen LogP contribution is 2.40. The van der Waals surface area contributed by atoms with E-state index in [1.54, 1.807) is 11.3 Å². The monoisotopic (exact) mass is 417 g/mol. The number of amides is 1. The fraction of sp³-hybridized carbons (Fsp3) is 0.650. The minimum Gasteiger partial charge on any atom is -0.378 e. The van der Waals surface area contributed by atoms with Gasteiger partial charge in [0.1, 0.15) is 11.4 Å². The van der Waals surface area contributed by atoms with Crippen molar-refractivity contribution in [2.24, 2.45) is 0 Å². The van der Waals surface area contributed by atoms with Crippen LogP contribution in [-0.2, 0) is 33.0 Å². The zero-order valence-electron chi connectivity index (χ0n) is 16.7. The van der Waals surface area contributed by atoms with Crippen molar-refractivity contribution in [1.82, 2.24) is 24.3 Å². The number of carbonyl (C=O) groups is 1. The Labute approximate surface area is 174 Å². The fourth-order valence-corrected chi connectivity index (χ4v) is 5.24. The second kappa shape index (κ2) is 7.79. The molecule has 0 aliphatic carbocycles. The Balaban J connectivity index is 1.30. The third-order valence-corrected chi connectivity index (χ3v) is 6.99. The maximum atomic E-state index is 13.1. The van der Waals surface area contributed by atoms with E-state index in [-0.39, 0.29) is 5.91 Å². The number of fused-ring (bicyclic) bond motifs is 2. The molecule has 9 heteroatoms. The van der Waals surface area contributed by atoms with Crippen LogP contribution in [0.4, 0.5) is 0 Å². The highest BCUT2D eigenvalue weighted by molar-refractivity contribution is 7.09. The first kappa shape index (κ1) is 19.2. The maximum absolute atomic E-state index is 13.1. The summed E-state index contributed by atoms with van der Waals surface area (Å²) in [5, 5.41) is 3.25. The molecular formula is C20H27N5O3S. The van der Waals surface area contributed by atoms with Gasteiger partial charge in [-0.05, 0) is 19.8 Å². The van der Waals surface area contributed by atoms with Crippen molar-refractivity contribution in [3.8, 4) is 0 Å². The van der Waals surface area contributed by atoms with Crippen LogP contribution in [0.3, 0.4) is 0 Å². The normalized spacial score (nSPS) is 24.6. The molecule has 0 bridgehead atoms. The molecule has 2 aromatic rings. The van der Waals surface area contributed by atoms with Gasteiger partial charge in [-0.2, -0.15) is 0 Å². The molecule has 0 aromatic carbocycles. The van der Waals surface area contributed by atoms with E-state index in [4.69, 9.17) is 9.47 Å². The highest BCUT2D eigenvalue weighted by Gasteiger charge is 2.47. The number of nitrogens with zero attached hydrogens (tertiary/aromatic N) is 5. The number of hydrogen-bond acceptors (Lipinski definition) is 7. The van der Waals surface area contributed by atoms with Gasteiger partial charge in [0, 0.05) is 50.5 Å². The van der Waals surface area contributed by atoms with Crippen molar-refractivity contribution in [3.05, 3.63) is 34.3 Å². The van der Waals surface area contributed by atoms with E-state index in [9.17, 15) is 4.79 Å². The Morgan fingerprint density at radius 1 is 1.28 bits per heavy atom. The summed E-state index contributed by atoms with van der Waals surface area (Å²) in [7, 11) is 0. The lowest BCUT2D eigenvalue weighted by Gasteiger charge is -2.46. The van der Waals surface area contributed by atoms with Gasteiger partial charge in [-0.1, -0.05) is 0 Å². The summed E-state index contributed by atoms with van der Waals surface area (Å²) in [5.41, 5.74) is 0.651. The zero-order chi connectivity index (χ0) is 19.8. The molecule has 1 unspecified atom stereocenters. The largest absolute Gasteiger partial charge is 0.378 e. The molecule has 0 saturated carbocycles. The second-order valence-corrected chi connectivity index (χ2v) is 9.14. The SMILES string of the molecule is Cc1nc(CN2CCC3(CC2)OC(C(=O)N2CCOCC2)Cn2ccnc23)cs1. The van der Waals surface area contributed by atoms with E-state index in [0.717, 1.165) is 49.0 Å². The fourth-order valence-electron chi connectivity index (χ4n) is 4.64. The van der Waals surface area contributed by atoms with Gasteiger partial charge in [-0.15, -0.1) is 11.3 Å². The third-order valence-electron chi connectivity index (χ3n) is 6.17. The van der Waals surface area contributed by atoms with E-state index >= 15 is 0 Å². The molecule has 1 atom stereocenters. The van der Waals surface area contributed by atoms with Crippen molar-refractivity contribution in [1.29, 1.82) is 0 Å². The number of piperidine rings is 1. The van der Waals surface area contributed by atoms with Gasteiger partial charge >= 0.3 is 0 Å². The number of ether oxygens (including phenoxy) is 2. The molecule has 156 valence electrons. The van der Waals surface area contributed by atoms with Crippen molar-refractivity contribution < 1.29 is 14.3 Å². The average Bonchev–Trinajstić information content (AvgIpc) is 3.39. The molecule has 0 N–H and O–H groups in total. The zero-order valence-corrected chi connectivity index (χ0v) is 17.6. The smallest absolute Gasteiger partial charge is 0.253 e. The van der Waals surface area contributed by atoms with Gasteiger partial charge in [-0.25, -0.2) is 9.97 Å². The standard InChI is InChI=1S/C20H27N5O3S/c1-15-22-16(14-29-15)12-23-5-2-20(3-6-23)19-21-4-7-25(19)13-17(28-20)18(26)24-8-10-27-11-9-24/h4,7,14,17H,2-3,5-6,8-13H2,1H3. The summed E-state index contributed by atoms with van der Waals surface area (Å²) in [5.74, 6) is 1.04. The van der Waals surface area contributed by atoms with E-state index in [0.29, 0.717) is 32.8 Å². The van der Waals surface area contributed by atoms with Crippen LogP contribution >= 0.6 is 11.3 Å². The Morgan fingerprint density at radius 2 is 2.07 bits per heavy atom. The first-order valence-electron chi connectivity index (χ1n) is 10.3. The van der Waals surface area contributed by atoms with Crippen LogP contribution in [0.5, 0.6) is 0 Å². The predicted octanol–water partition coefficient (Wildman–Crippen LogP) is 1.40. The minimum absolute atomic E-state index is 0.0763. The summed E-state index contributed by atoms with van der Waals surface area (Å²) in [4.78, 5) is 26.6. The van der Waals surface area contributed by atoms with Gasteiger partial charge < -0.3 is 18.9 Å². The van der Waals surface area contributed by atoms with Crippen LogP contribution in [0, 0.1) is 6.92 Å². The second-order valence-electron chi connectivity index (χ2n) is 8.08. The van der Waals surface area contributed by atoms with Crippen LogP contribution in [0.25, 0.3) is 0 Å². The highest BCUT2D eigenvalue weighted by atomic mass is 32.1. The molecule has 5 rings (SSSR count). The third kappa shape index (κ3) is 3.72. The Bertz CT molecular complexity index is 867. The number of aromatic nitrogens is 3. The summed E-state index contributed by atoms with van der Waals surface area (Å²) in [6, 6.07) is 0. The topological polar surface area (TPSA) is 72.7 Å². The summed E-state index contributed by atoms with van der Waals surface area (Å²) < 4.78 is 14.1. The van der Waals surface area contributed by atoms with Crippen LogP contribution in [0.2, 0.25) is 0 Å². The summed E-state index contributed by atoms with van der Waals surface area (Å²) >= 11 is 1.70. The lowest BCUT2D eigenvalue weighted by Crippen LogP contribution is -2.55. The molecule has 3 aliphatic heterocycles. The molecule has 3 aliphatic rings. The number of hydrogen-bond donors (Lipinski definition) is 0. The minimum atomic E-state index is -0.483. The van der Waals surface area contributed by atoms with Gasteiger partial charge in [-0.3, -0.25) is 9.69 Å². The molecule has 2 saturated heterocycles. The van der Waals surface area contributed by atoms with E-state index in [1.165, 1.54) is 0 Å². The molecule has 2 aromatic heterocycles. The first-order chi connectivity index (χ1) is 14.1. The van der Waals surface area contributed by atoms with Crippen LogP contribution in [0.15, 0.2) is 17.8 Å². The van der Waals surface area contributed by atoms with E-state index in [1.807, 2.05) is 24.2 Å². The van der Waals surface area contributed by atoms with Crippen molar-refractivity contribution in [3.63, 3.8) is 0 Å². The number of imidazole rings is 1. The van der Waals surface area contributed by atoms with Crippen molar-refractivity contribution in [2.45, 2.75) is 44.6 Å². The number of rotatable bonds is 3. The number of morpholine rings is 1. The maximum Gasteiger partial charge on any atom is 0.253 e. The Morgan fingerprint density at radius 3 is 2.79 bits per heavy atom. The van der Waals surface area contributed by atoms with E-state index < -0.39 is 11.7 Å². The van der Waals surface area contributed by atoms with Gasteiger partial charge in [0.15, 0.2) is 6.10 Å². The Kier molecular flexibility index (Phi) is 5.15. The van der Waals surface area contributed by atoms with Gasteiger partial charge in [0.2, 0.25) is 0 Å². The van der Waals surface area contributed by atoms with E-state index in [2.05, 4.69) is 24.8 Å². The lowest BCUT2D eigenvalue weighted by molar-refractivity contribution is -0.183. The van der Waals surface area contributed by atoms with Crippen molar-refractivity contribution in [2.75, 3.05) is 39.4 Å². The van der Waals surface area contributed by atoms with Gasteiger partial charge in [0.25, 0.3) is 5.91 Å². The number of carbonyl (C=O) groups excluding carboxylic acids is 1. The predicted molar refractivity (Wildman–Crippen MR) is 108 cm³/mol. The molecule has 2 fully saturated rings. The van der Waals surface area contributed by atoms with Crippen molar-refractivity contribution >= 4 is 17.2 Å². The number of likely N-dealkylation sites (tertiary alicyclic amines) is 1. The number of thiazole rings is 1. The van der Waals surface area contributed by atoms with Crippen LogP contribution in [-0.4, -0.2) is 75.7 Å². The molecule has 1 spiro atoms.